The summed E-state index contributed by atoms with van der Waals surface area (Å²) in [7, 11) is 3.10. The number of nitrogens with zero attached hydrogens (tertiary/aromatic N) is 1. The third-order valence-electron chi connectivity index (χ3n) is 3.21. The molecule has 0 atom stereocenters. The lowest BCUT2D eigenvalue weighted by Crippen LogP contribution is -2.33. The van der Waals surface area contributed by atoms with Crippen molar-refractivity contribution in [3.8, 4) is 11.5 Å². The van der Waals surface area contributed by atoms with Crippen LogP contribution < -0.4 is 14.9 Å². The zero-order valence-electron chi connectivity index (χ0n) is 12.9. The van der Waals surface area contributed by atoms with Crippen molar-refractivity contribution in [3.63, 3.8) is 0 Å². The summed E-state index contributed by atoms with van der Waals surface area (Å²) in [5.41, 5.74) is 3.14. The van der Waals surface area contributed by atoms with Crippen LogP contribution in [-0.4, -0.2) is 45.3 Å². The van der Waals surface area contributed by atoms with Gasteiger partial charge in [0.15, 0.2) is 17.3 Å². The van der Waals surface area contributed by atoms with Crippen LogP contribution in [0.1, 0.15) is 18.9 Å². The molecule has 2 rings (SSSR count). The van der Waals surface area contributed by atoms with Gasteiger partial charge in [-0.15, -0.1) is 0 Å². The average molecular weight is 308 g/mol. The van der Waals surface area contributed by atoms with Crippen LogP contribution in [0.15, 0.2) is 23.3 Å². The molecule has 22 heavy (non-hydrogen) atoms. The van der Waals surface area contributed by atoms with E-state index in [-0.39, 0.29) is 12.3 Å². The highest BCUT2D eigenvalue weighted by Crippen LogP contribution is 2.29. The summed E-state index contributed by atoms with van der Waals surface area (Å²) in [6.07, 6.45) is 1.58. The minimum atomic E-state index is -0.868. The number of benzene rings is 1. The van der Waals surface area contributed by atoms with Crippen molar-refractivity contribution in [1.82, 2.24) is 5.43 Å². The molecule has 0 aliphatic carbocycles. The lowest BCUT2D eigenvalue weighted by molar-refractivity contribution is -0.159. The summed E-state index contributed by atoms with van der Waals surface area (Å²) in [4.78, 5) is 11.8. The maximum atomic E-state index is 11.8. The van der Waals surface area contributed by atoms with Gasteiger partial charge in [-0.3, -0.25) is 4.79 Å². The first kappa shape index (κ1) is 16.3. The molecule has 0 saturated carbocycles. The molecule has 1 aromatic rings. The number of methoxy groups -OCH3 is 2. The lowest BCUT2D eigenvalue weighted by Gasteiger charge is -2.20. The highest BCUT2D eigenvalue weighted by molar-refractivity contribution is 5.86. The van der Waals surface area contributed by atoms with Crippen molar-refractivity contribution in [2.24, 2.45) is 5.10 Å². The van der Waals surface area contributed by atoms with E-state index in [1.54, 1.807) is 27.2 Å². The third-order valence-corrected chi connectivity index (χ3v) is 3.21. The van der Waals surface area contributed by atoms with Gasteiger partial charge in [-0.05, 0) is 19.1 Å². The standard InChI is InChI=1S/C15H20N2O5/c1-15(21-7-8-22-15)9-13(18)17-16-10-11-5-4-6-12(19-2)14(11)20-3/h4-6,10H,7-9H2,1-3H3,(H,17,18)/b16-10+. The summed E-state index contributed by atoms with van der Waals surface area (Å²) in [5, 5.41) is 3.93. The van der Waals surface area contributed by atoms with E-state index in [0.29, 0.717) is 30.3 Å². The Hall–Kier alpha value is -2.12. The van der Waals surface area contributed by atoms with E-state index < -0.39 is 5.79 Å². The smallest absolute Gasteiger partial charge is 0.245 e. The average Bonchev–Trinajstić information content (AvgIpc) is 2.92. The highest BCUT2D eigenvalue weighted by Gasteiger charge is 2.33. The van der Waals surface area contributed by atoms with Gasteiger partial charge in [0.2, 0.25) is 5.91 Å². The van der Waals surface area contributed by atoms with Crippen molar-refractivity contribution in [2.75, 3.05) is 27.4 Å². The second-order valence-electron chi connectivity index (χ2n) is 4.88. The summed E-state index contributed by atoms with van der Waals surface area (Å²) in [6.45, 7) is 2.72. The van der Waals surface area contributed by atoms with Crippen LogP contribution in [0.3, 0.4) is 0 Å². The van der Waals surface area contributed by atoms with Gasteiger partial charge in [0.1, 0.15) is 0 Å². The van der Waals surface area contributed by atoms with E-state index in [2.05, 4.69) is 10.5 Å². The molecule has 120 valence electrons. The van der Waals surface area contributed by atoms with Crippen molar-refractivity contribution in [3.05, 3.63) is 23.8 Å². The molecule has 1 amide bonds. The lowest BCUT2D eigenvalue weighted by atomic mass is 10.2. The van der Waals surface area contributed by atoms with Gasteiger partial charge in [0, 0.05) is 5.56 Å². The number of carbonyl (C=O) groups excluding carboxylic acids is 1. The molecular formula is C15H20N2O5. The maximum Gasteiger partial charge on any atom is 0.245 e. The van der Waals surface area contributed by atoms with Gasteiger partial charge >= 0.3 is 0 Å². The van der Waals surface area contributed by atoms with Crippen molar-refractivity contribution >= 4 is 12.1 Å². The van der Waals surface area contributed by atoms with Crippen LogP contribution in [-0.2, 0) is 14.3 Å². The Bertz CT molecular complexity index is 553. The number of carbonyl (C=O) groups is 1. The van der Waals surface area contributed by atoms with E-state index in [9.17, 15) is 4.79 Å². The van der Waals surface area contributed by atoms with Crippen LogP contribution in [0, 0.1) is 0 Å². The Kier molecular flexibility index (Phi) is 5.35. The SMILES string of the molecule is COc1cccc(/C=N/NC(=O)CC2(C)OCCO2)c1OC. The topological polar surface area (TPSA) is 78.4 Å². The van der Waals surface area contributed by atoms with E-state index in [1.807, 2.05) is 12.1 Å². The number of hydrazone groups is 1. The zero-order valence-corrected chi connectivity index (χ0v) is 12.9. The van der Waals surface area contributed by atoms with Gasteiger partial charge in [0.05, 0.1) is 40.1 Å². The molecule has 0 bridgehead atoms. The minimum Gasteiger partial charge on any atom is -0.493 e. The molecule has 1 aliphatic heterocycles. The molecule has 1 fully saturated rings. The molecule has 1 aliphatic rings. The Morgan fingerprint density at radius 3 is 2.73 bits per heavy atom. The molecule has 0 spiro atoms. The number of para-hydroxylation sites is 1. The minimum absolute atomic E-state index is 0.0829. The number of nitrogens with one attached hydrogen (secondary N) is 1. The Balaban J connectivity index is 1.96. The molecule has 7 nitrogen and oxygen atoms in total. The summed E-state index contributed by atoms with van der Waals surface area (Å²) < 4.78 is 21.2. The predicted molar refractivity (Wildman–Crippen MR) is 80.2 cm³/mol. The first-order valence-electron chi connectivity index (χ1n) is 6.89. The fraction of sp³-hybridized carbons (Fsp3) is 0.467. The monoisotopic (exact) mass is 308 g/mol. The Morgan fingerprint density at radius 2 is 2.09 bits per heavy atom. The van der Waals surface area contributed by atoms with Crippen LogP contribution in [0.4, 0.5) is 0 Å². The molecular weight excluding hydrogens is 288 g/mol. The van der Waals surface area contributed by atoms with Crippen LogP contribution in [0.5, 0.6) is 11.5 Å². The fourth-order valence-electron chi connectivity index (χ4n) is 2.18. The molecule has 0 unspecified atom stereocenters. The molecule has 0 aromatic heterocycles. The quantitative estimate of drug-likeness (QED) is 0.633. The van der Waals surface area contributed by atoms with Gasteiger partial charge < -0.3 is 18.9 Å². The zero-order chi connectivity index (χ0) is 16.0. The fourth-order valence-corrected chi connectivity index (χ4v) is 2.18. The first-order chi connectivity index (χ1) is 10.6. The summed E-state index contributed by atoms with van der Waals surface area (Å²) >= 11 is 0. The highest BCUT2D eigenvalue weighted by atomic mass is 16.7. The van der Waals surface area contributed by atoms with E-state index in [4.69, 9.17) is 18.9 Å². The summed E-state index contributed by atoms with van der Waals surface area (Å²) in [6, 6.07) is 5.40. The van der Waals surface area contributed by atoms with Gasteiger partial charge in [-0.1, -0.05) is 6.07 Å². The number of amides is 1. The van der Waals surface area contributed by atoms with Crippen LogP contribution >= 0.6 is 0 Å². The second-order valence-corrected chi connectivity index (χ2v) is 4.88. The first-order valence-corrected chi connectivity index (χ1v) is 6.89. The number of ether oxygens (including phenoxy) is 4. The third kappa shape index (κ3) is 3.96. The Morgan fingerprint density at radius 1 is 1.36 bits per heavy atom. The molecule has 1 heterocycles. The van der Waals surface area contributed by atoms with Crippen LogP contribution in [0.2, 0.25) is 0 Å². The largest absolute Gasteiger partial charge is 0.493 e. The predicted octanol–water partition coefficient (Wildman–Crippen LogP) is 1.31. The van der Waals surface area contributed by atoms with Crippen LogP contribution in [0.25, 0.3) is 0 Å². The number of rotatable bonds is 6. The number of hydrogen-bond acceptors (Lipinski definition) is 6. The second kappa shape index (κ2) is 7.24. The molecule has 7 heteroatoms. The molecule has 1 aromatic carbocycles. The maximum absolute atomic E-state index is 11.8. The summed E-state index contributed by atoms with van der Waals surface area (Å²) in [5.74, 6) is -0.00856. The van der Waals surface area contributed by atoms with E-state index in [0.717, 1.165) is 0 Å². The molecule has 1 saturated heterocycles. The Labute approximate surface area is 129 Å². The normalized spacial score (nSPS) is 16.7. The van der Waals surface area contributed by atoms with E-state index >= 15 is 0 Å². The number of hydrogen-bond donors (Lipinski definition) is 1. The van der Waals surface area contributed by atoms with E-state index in [1.165, 1.54) is 6.21 Å². The van der Waals surface area contributed by atoms with Gasteiger partial charge in [0.25, 0.3) is 0 Å². The molecule has 1 N–H and O–H groups in total. The van der Waals surface area contributed by atoms with Crippen molar-refractivity contribution in [1.29, 1.82) is 0 Å². The van der Waals surface area contributed by atoms with Gasteiger partial charge in [-0.25, -0.2) is 5.43 Å². The van der Waals surface area contributed by atoms with Crippen molar-refractivity contribution < 1.29 is 23.7 Å². The van der Waals surface area contributed by atoms with Gasteiger partial charge in [-0.2, -0.15) is 5.10 Å². The van der Waals surface area contributed by atoms with Crippen molar-refractivity contribution in [2.45, 2.75) is 19.1 Å². The molecule has 0 radical (unpaired) electrons.